The molecule has 15 heteroatoms. The monoisotopic (exact) mass is 537 g/mol. The highest BCUT2D eigenvalue weighted by Crippen LogP contribution is 2.60. The van der Waals surface area contributed by atoms with Gasteiger partial charge in [0, 0.05) is 50.8 Å². The standard InChI is InChI=1S/C19H27F4N3O6S.ClH/c20-16(21)19(22,23)12-32-14-1-2-15(24-11-14)13-3-7-26(8-4-13)33(29,30)18(17(27)25-28)5-9-31-10-6-18;/h1-2,11,13,16,28-30H,3-10,12H2,(H,25,27);1H. The van der Waals surface area contributed by atoms with Crippen molar-refractivity contribution >= 4 is 29.1 Å². The molecule has 0 spiro atoms. The van der Waals surface area contributed by atoms with E-state index in [9.17, 15) is 36.7 Å². The summed E-state index contributed by atoms with van der Waals surface area (Å²) in [4.78, 5) is 16.6. The van der Waals surface area contributed by atoms with Crippen molar-refractivity contribution in [2.45, 2.75) is 48.7 Å². The molecule has 1 aromatic heterocycles. The Balaban J connectivity index is 0.00000408. The van der Waals surface area contributed by atoms with Crippen molar-refractivity contribution in [3.05, 3.63) is 24.0 Å². The molecule has 9 nitrogen and oxygen atoms in total. The van der Waals surface area contributed by atoms with Crippen LogP contribution in [0.4, 0.5) is 17.6 Å². The number of pyridine rings is 1. The van der Waals surface area contributed by atoms with E-state index in [1.807, 2.05) is 0 Å². The van der Waals surface area contributed by atoms with Crippen LogP contribution in [0.2, 0.25) is 0 Å². The van der Waals surface area contributed by atoms with Crippen molar-refractivity contribution in [1.29, 1.82) is 0 Å². The molecule has 34 heavy (non-hydrogen) atoms. The fraction of sp³-hybridized carbons (Fsp3) is 0.684. The van der Waals surface area contributed by atoms with Crippen molar-refractivity contribution in [1.82, 2.24) is 14.8 Å². The number of nitrogens with one attached hydrogen (secondary N) is 1. The summed E-state index contributed by atoms with van der Waals surface area (Å²) in [6.07, 6.45) is -1.60. The number of carbonyl (C=O) groups is 1. The number of hydrogen-bond acceptors (Lipinski definition) is 8. The predicted molar refractivity (Wildman–Crippen MR) is 117 cm³/mol. The fourth-order valence-electron chi connectivity index (χ4n) is 4.04. The zero-order valence-electron chi connectivity index (χ0n) is 18.0. The van der Waals surface area contributed by atoms with Crippen LogP contribution in [-0.2, 0) is 9.53 Å². The average Bonchev–Trinajstić information content (AvgIpc) is 2.83. The van der Waals surface area contributed by atoms with Gasteiger partial charge in [-0.2, -0.15) is 8.78 Å². The minimum atomic E-state index is -4.26. The van der Waals surface area contributed by atoms with Gasteiger partial charge in [-0.05, 0) is 25.0 Å². The molecule has 2 saturated heterocycles. The smallest absolute Gasteiger partial charge is 0.340 e. The normalized spacial score (nSPS) is 20.5. The first-order chi connectivity index (χ1) is 15.5. The van der Waals surface area contributed by atoms with Gasteiger partial charge in [0.25, 0.3) is 5.91 Å². The van der Waals surface area contributed by atoms with Crippen LogP contribution in [0.3, 0.4) is 0 Å². The van der Waals surface area contributed by atoms with E-state index in [-0.39, 0.29) is 63.2 Å². The molecule has 0 bridgehead atoms. The van der Waals surface area contributed by atoms with Crippen LogP contribution in [0, 0.1) is 0 Å². The Kier molecular flexibility index (Phi) is 9.78. The lowest BCUT2D eigenvalue weighted by Gasteiger charge is -2.56. The lowest BCUT2D eigenvalue weighted by Crippen LogP contribution is -2.57. The third kappa shape index (κ3) is 5.86. The topological polar surface area (TPSA) is 124 Å². The highest BCUT2D eigenvalue weighted by molar-refractivity contribution is 8.24. The molecule has 3 heterocycles. The van der Waals surface area contributed by atoms with Gasteiger partial charge in [-0.3, -0.25) is 24.1 Å². The number of alkyl halides is 4. The molecular formula is C19H28ClF4N3O6S. The number of halogens is 5. The molecule has 196 valence electrons. The number of hydrogen-bond donors (Lipinski definition) is 4. The maximum atomic E-state index is 13.0. The Morgan fingerprint density at radius 3 is 2.41 bits per heavy atom. The van der Waals surface area contributed by atoms with Gasteiger partial charge >= 0.3 is 12.3 Å². The number of nitrogens with zero attached hydrogens (tertiary/aromatic N) is 2. The van der Waals surface area contributed by atoms with Crippen LogP contribution < -0.4 is 10.2 Å². The Morgan fingerprint density at radius 1 is 1.29 bits per heavy atom. The Morgan fingerprint density at radius 2 is 1.91 bits per heavy atom. The molecular weight excluding hydrogens is 510 g/mol. The molecule has 0 aromatic carbocycles. The van der Waals surface area contributed by atoms with Gasteiger partial charge < -0.3 is 9.47 Å². The van der Waals surface area contributed by atoms with Gasteiger partial charge in [0.15, 0.2) is 11.4 Å². The van der Waals surface area contributed by atoms with Crippen LogP contribution in [-0.4, -0.2) is 79.5 Å². The summed E-state index contributed by atoms with van der Waals surface area (Å²) in [6.45, 7) is -0.664. The Bertz CT molecular complexity index is 810. The van der Waals surface area contributed by atoms with Gasteiger partial charge in [-0.15, -0.1) is 23.2 Å². The maximum absolute atomic E-state index is 13.0. The van der Waals surface area contributed by atoms with Crippen LogP contribution in [0.5, 0.6) is 5.75 Å². The van der Waals surface area contributed by atoms with Crippen molar-refractivity contribution in [2.24, 2.45) is 0 Å². The summed E-state index contributed by atoms with van der Waals surface area (Å²) >= 11 is 0. The van der Waals surface area contributed by atoms with E-state index in [2.05, 4.69) is 4.98 Å². The summed E-state index contributed by atoms with van der Waals surface area (Å²) in [5.41, 5.74) is 2.17. The molecule has 2 fully saturated rings. The number of piperidine rings is 1. The second kappa shape index (κ2) is 11.5. The minimum Gasteiger partial charge on any atom is -0.485 e. The van der Waals surface area contributed by atoms with Gasteiger partial charge in [0.05, 0.1) is 6.20 Å². The maximum Gasteiger partial charge on any atom is 0.340 e. The molecule has 1 aromatic rings. The van der Waals surface area contributed by atoms with Crippen LogP contribution in [0.25, 0.3) is 0 Å². The number of amides is 1. The van der Waals surface area contributed by atoms with Crippen LogP contribution >= 0.6 is 23.2 Å². The molecule has 0 aliphatic carbocycles. The number of ether oxygens (including phenoxy) is 2. The highest BCUT2D eigenvalue weighted by Gasteiger charge is 2.54. The van der Waals surface area contributed by atoms with Gasteiger partial charge in [0.2, 0.25) is 0 Å². The zero-order chi connectivity index (χ0) is 24.3. The van der Waals surface area contributed by atoms with Gasteiger partial charge in [-0.25, -0.2) is 18.6 Å². The average molecular weight is 538 g/mol. The van der Waals surface area contributed by atoms with E-state index >= 15 is 0 Å². The van der Waals surface area contributed by atoms with Crippen molar-refractivity contribution < 1.29 is 46.1 Å². The summed E-state index contributed by atoms with van der Waals surface area (Å²) < 4.78 is 82.4. The predicted octanol–water partition coefficient (Wildman–Crippen LogP) is 3.68. The SMILES string of the molecule is Cl.O=C(NO)C1(S(O)(O)N2CCC(c3ccc(OCC(F)(F)C(F)F)cn3)CC2)CCOCC1. The van der Waals surface area contributed by atoms with Crippen LogP contribution in [0.15, 0.2) is 18.3 Å². The molecule has 0 radical (unpaired) electrons. The molecule has 0 unspecified atom stereocenters. The molecule has 0 saturated carbocycles. The van der Waals surface area contributed by atoms with Crippen LogP contribution in [0.1, 0.15) is 37.3 Å². The van der Waals surface area contributed by atoms with Gasteiger partial charge in [-0.1, -0.05) is 0 Å². The number of hydroxylamine groups is 1. The first-order valence-corrected chi connectivity index (χ1v) is 11.8. The van der Waals surface area contributed by atoms with Crippen molar-refractivity contribution in [3.63, 3.8) is 0 Å². The van der Waals surface area contributed by atoms with Crippen molar-refractivity contribution in [3.8, 4) is 5.75 Å². The largest absolute Gasteiger partial charge is 0.485 e. The quantitative estimate of drug-likeness (QED) is 0.225. The first kappa shape index (κ1) is 28.8. The van der Waals surface area contributed by atoms with Gasteiger partial charge in [0.1, 0.15) is 5.75 Å². The van der Waals surface area contributed by atoms with E-state index in [1.165, 1.54) is 16.6 Å². The van der Waals surface area contributed by atoms with E-state index in [4.69, 9.17) is 9.47 Å². The minimum absolute atomic E-state index is 0. The van der Waals surface area contributed by atoms with Crippen molar-refractivity contribution in [2.75, 3.05) is 32.9 Å². The number of rotatable bonds is 8. The number of aromatic nitrogens is 1. The second-order valence-electron chi connectivity index (χ2n) is 8.04. The fourth-order valence-corrected chi connectivity index (χ4v) is 6.27. The summed E-state index contributed by atoms with van der Waals surface area (Å²) in [5, 5.41) is 9.17. The Hall–Kier alpha value is -1.42. The summed E-state index contributed by atoms with van der Waals surface area (Å²) in [6, 6.07) is 2.92. The lowest BCUT2D eigenvalue weighted by molar-refractivity contribution is -0.148. The zero-order valence-corrected chi connectivity index (χ0v) is 19.7. The van der Waals surface area contributed by atoms with E-state index in [0.29, 0.717) is 18.5 Å². The highest BCUT2D eigenvalue weighted by atomic mass is 35.5. The summed E-state index contributed by atoms with van der Waals surface area (Å²) in [5.74, 6) is -5.26. The number of carbonyl (C=O) groups excluding carboxylic acids is 1. The molecule has 2 aliphatic heterocycles. The Labute approximate surface area is 201 Å². The molecule has 0 atom stereocenters. The van der Waals surface area contributed by atoms with E-state index in [1.54, 1.807) is 11.5 Å². The first-order valence-electron chi connectivity index (χ1n) is 10.3. The molecule has 3 rings (SSSR count). The lowest BCUT2D eigenvalue weighted by atomic mass is 9.94. The second-order valence-corrected chi connectivity index (χ2v) is 10.4. The summed E-state index contributed by atoms with van der Waals surface area (Å²) in [7, 11) is -3.59. The molecule has 4 N–H and O–H groups in total. The third-order valence-electron chi connectivity index (χ3n) is 6.08. The molecule has 2 aliphatic rings. The molecule has 1 amide bonds. The van der Waals surface area contributed by atoms with E-state index < -0.39 is 40.4 Å². The third-order valence-corrected chi connectivity index (χ3v) is 8.81. The van der Waals surface area contributed by atoms with E-state index in [0.717, 1.165) is 0 Å².